The minimum absolute atomic E-state index is 0.0124. The van der Waals surface area contributed by atoms with Crippen LogP contribution in [0, 0.1) is 5.82 Å². The van der Waals surface area contributed by atoms with Gasteiger partial charge in [0.2, 0.25) is 0 Å². The van der Waals surface area contributed by atoms with Crippen molar-refractivity contribution >= 4 is 28.6 Å². The maximum absolute atomic E-state index is 14.8. The summed E-state index contributed by atoms with van der Waals surface area (Å²) in [6, 6.07) is 20.5. The lowest BCUT2D eigenvalue weighted by atomic mass is 10.0. The molecule has 1 fully saturated rings. The van der Waals surface area contributed by atoms with Gasteiger partial charge >= 0.3 is 0 Å². The van der Waals surface area contributed by atoms with Crippen molar-refractivity contribution in [3.05, 3.63) is 113 Å². The Hall–Kier alpha value is -4.33. The number of carbonyl (C=O) groups is 2. The number of benzene rings is 3. The number of nitrogens with one attached hydrogen (secondary N) is 2. The summed E-state index contributed by atoms with van der Waals surface area (Å²) in [4.78, 5) is 29.8. The molecule has 3 aromatic carbocycles. The third-order valence-corrected chi connectivity index (χ3v) is 6.97. The molecule has 0 aliphatic carbocycles. The Balaban J connectivity index is 1.16. The van der Waals surface area contributed by atoms with Crippen LogP contribution in [-0.4, -0.2) is 35.6 Å². The molecule has 2 N–H and O–H groups in total. The van der Waals surface area contributed by atoms with Crippen molar-refractivity contribution in [1.82, 2.24) is 4.98 Å². The molecule has 5 nitrogen and oxygen atoms in total. The highest BCUT2D eigenvalue weighted by molar-refractivity contribution is 5.98. The predicted octanol–water partition coefficient (Wildman–Crippen LogP) is 6.98. The minimum Gasteiger partial charge on any atom is -0.371 e. The van der Waals surface area contributed by atoms with Gasteiger partial charge in [-0.2, -0.15) is 0 Å². The molecule has 0 radical (unpaired) electrons. The second-order valence-corrected chi connectivity index (χ2v) is 9.83. The normalized spacial score (nSPS) is 14.7. The highest BCUT2D eigenvalue weighted by atomic mass is 19.3. The Labute approximate surface area is 224 Å². The monoisotopic (exact) mass is 531 g/mol. The molecular weight excluding hydrogens is 503 g/mol. The quantitative estimate of drug-likeness (QED) is 0.229. The van der Waals surface area contributed by atoms with Gasteiger partial charge in [-0.15, -0.1) is 0 Å². The Kier molecular flexibility index (Phi) is 7.54. The molecule has 1 aliphatic heterocycles. The average Bonchev–Trinajstić information content (AvgIpc) is 3.47. The number of hydrogen-bond donors (Lipinski definition) is 2. The van der Waals surface area contributed by atoms with Crippen LogP contribution in [0.25, 0.3) is 0 Å². The number of aromatic amines is 1. The van der Waals surface area contributed by atoms with Crippen LogP contribution in [-0.2, 0) is 12.8 Å². The fourth-order valence-corrected chi connectivity index (χ4v) is 4.65. The number of anilines is 3. The maximum atomic E-state index is 14.8. The van der Waals surface area contributed by atoms with E-state index in [4.69, 9.17) is 0 Å². The summed E-state index contributed by atoms with van der Waals surface area (Å²) >= 11 is 0. The van der Waals surface area contributed by atoms with Gasteiger partial charge in [0.15, 0.2) is 11.6 Å². The second kappa shape index (κ2) is 11.2. The second-order valence-electron chi connectivity index (χ2n) is 9.83. The Bertz CT molecular complexity index is 1440. The van der Waals surface area contributed by atoms with Crippen LogP contribution < -0.4 is 10.2 Å². The molecule has 0 saturated carbocycles. The van der Waals surface area contributed by atoms with E-state index in [0.29, 0.717) is 22.4 Å². The molecule has 5 rings (SSSR count). The van der Waals surface area contributed by atoms with Crippen molar-refractivity contribution in [1.29, 1.82) is 0 Å². The van der Waals surface area contributed by atoms with Gasteiger partial charge in [0.25, 0.3) is 5.92 Å². The number of carbonyl (C=O) groups excluding carboxylic acids is 2. The number of hydrogen-bond acceptors (Lipinski definition) is 4. The fraction of sp³-hybridized carbons (Fsp3) is 0.226. The number of rotatable bonds is 9. The first-order chi connectivity index (χ1) is 18.8. The summed E-state index contributed by atoms with van der Waals surface area (Å²) in [5.41, 5.74) is 4.27. The molecule has 200 valence electrons. The predicted molar refractivity (Wildman–Crippen MR) is 146 cm³/mol. The standard InChI is InChI=1S/C31H28F3N3O2/c32-27-17-22(19-29(38)23-4-8-26(9-5-23)37-15-12-31(33,34)13-16-37)3-10-28(27)36-25-6-1-21(2-7-25)18-30(39)24-11-14-35-20-24/h1-11,14,17,20,35-36H,12-13,15-16,18-19H2. The van der Waals surface area contributed by atoms with E-state index in [0.717, 1.165) is 11.3 Å². The van der Waals surface area contributed by atoms with E-state index in [1.165, 1.54) is 6.07 Å². The molecule has 8 heteroatoms. The SMILES string of the molecule is O=C(Cc1ccc(Nc2ccc(CC(=O)c3cc[nH]c3)cc2)c(F)c1)c1ccc(N2CCC(F)(F)CC2)cc1. The molecule has 0 bridgehead atoms. The first-order valence-corrected chi connectivity index (χ1v) is 12.8. The number of Topliss-reactive ketones (excluding diaryl/α,β-unsaturated/α-hetero) is 2. The highest BCUT2D eigenvalue weighted by Crippen LogP contribution is 2.30. The smallest absolute Gasteiger partial charge is 0.251 e. The molecule has 2 heterocycles. The van der Waals surface area contributed by atoms with E-state index < -0.39 is 11.7 Å². The van der Waals surface area contributed by atoms with Gasteiger partial charge in [-0.1, -0.05) is 18.2 Å². The Morgan fingerprint density at radius 3 is 2.10 bits per heavy atom. The van der Waals surface area contributed by atoms with Gasteiger partial charge in [0.05, 0.1) is 5.69 Å². The van der Waals surface area contributed by atoms with Crippen molar-refractivity contribution in [2.24, 2.45) is 0 Å². The van der Waals surface area contributed by atoms with Crippen molar-refractivity contribution in [3.8, 4) is 0 Å². The van der Waals surface area contributed by atoms with Gasteiger partial charge < -0.3 is 15.2 Å². The van der Waals surface area contributed by atoms with Gasteiger partial charge in [-0.3, -0.25) is 9.59 Å². The highest BCUT2D eigenvalue weighted by Gasteiger charge is 2.34. The van der Waals surface area contributed by atoms with Crippen molar-refractivity contribution < 1.29 is 22.8 Å². The zero-order valence-corrected chi connectivity index (χ0v) is 21.2. The number of nitrogens with zero attached hydrogens (tertiary/aromatic N) is 1. The van der Waals surface area contributed by atoms with Crippen LogP contribution in [0.4, 0.5) is 30.2 Å². The lowest BCUT2D eigenvalue weighted by Crippen LogP contribution is -2.39. The van der Waals surface area contributed by atoms with Gasteiger partial charge in [0.1, 0.15) is 5.82 Å². The first-order valence-electron chi connectivity index (χ1n) is 12.8. The van der Waals surface area contributed by atoms with Gasteiger partial charge in [-0.25, -0.2) is 13.2 Å². The lowest BCUT2D eigenvalue weighted by Gasteiger charge is -2.33. The van der Waals surface area contributed by atoms with Crippen molar-refractivity contribution in [2.45, 2.75) is 31.6 Å². The summed E-state index contributed by atoms with van der Waals surface area (Å²) in [6.45, 7) is 0.551. The number of alkyl halides is 2. The van der Waals surface area contributed by atoms with E-state index in [2.05, 4.69) is 10.3 Å². The van der Waals surface area contributed by atoms with Crippen LogP contribution in [0.15, 0.2) is 85.2 Å². The Morgan fingerprint density at radius 2 is 1.46 bits per heavy atom. The maximum Gasteiger partial charge on any atom is 0.251 e. The molecule has 1 saturated heterocycles. The zero-order valence-electron chi connectivity index (χ0n) is 21.2. The molecule has 0 spiro atoms. The van der Waals surface area contributed by atoms with E-state index in [9.17, 15) is 22.8 Å². The van der Waals surface area contributed by atoms with Crippen LogP contribution in [0.5, 0.6) is 0 Å². The van der Waals surface area contributed by atoms with E-state index >= 15 is 0 Å². The molecule has 39 heavy (non-hydrogen) atoms. The Morgan fingerprint density at radius 1 is 0.821 bits per heavy atom. The summed E-state index contributed by atoms with van der Waals surface area (Å²) in [5.74, 6) is -3.23. The molecule has 0 atom stereocenters. The molecule has 1 aliphatic rings. The third-order valence-electron chi connectivity index (χ3n) is 6.97. The van der Waals surface area contributed by atoms with Crippen molar-refractivity contribution in [2.75, 3.05) is 23.3 Å². The molecular formula is C31H28F3N3O2. The van der Waals surface area contributed by atoms with Crippen LogP contribution in [0.1, 0.15) is 44.7 Å². The van der Waals surface area contributed by atoms with E-state index in [1.807, 2.05) is 17.0 Å². The van der Waals surface area contributed by atoms with E-state index in [1.54, 1.807) is 67.0 Å². The lowest BCUT2D eigenvalue weighted by molar-refractivity contribution is -0.0220. The summed E-state index contributed by atoms with van der Waals surface area (Å²) in [6.07, 6.45) is 3.33. The minimum atomic E-state index is -2.61. The first kappa shape index (κ1) is 26.3. The van der Waals surface area contributed by atoms with Crippen LogP contribution in [0.3, 0.4) is 0 Å². The van der Waals surface area contributed by atoms with Gasteiger partial charge in [0, 0.05) is 73.7 Å². The molecule has 0 unspecified atom stereocenters. The fourth-order valence-electron chi connectivity index (χ4n) is 4.65. The molecule has 1 aromatic heterocycles. The van der Waals surface area contributed by atoms with Crippen LogP contribution in [0.2, 0.25) is 0 Å². The number of H-pyrrole nitrogens is 1. The number of aromatic nitrogens is 1. The summed E-state index contributed by atoms with van der Waals surface area (Å²) in [5, 5.41) is 3.03. The largest absolute Gasteiger partial charge is 0.371 e. The number of halogens is 3. The van der Waals surface area contributed by atoms with E-state index in [-0.39, 0.29) is 56.0 Å². The average molecular weight is 532 g/mol. The van der Waals surface area contributed by atoms with Gasteiger partial charge in [-0.05, 0) is 65.7 Å². The number of piperidine rings is 1. The summed E-state index contributed by atoms with van der Waals surface area (Å²) < 4.78 is 41.7. The third kappa shape index (κ3) is 6.57. The molecule has 4 aromatic rings. The van der Waals surface area contributed by atoms with Crippen molar-refractivity contribution in [3.63, 3.8) is 0 Å². The topological polar surface area (TPSA) is 65.2 Å². The molecule has 0 amide bonds. The summed E-state index contributed by atoms with van der Waals surface area (Å²) in [7, 11) is 0. The zero-order chi connectivity index (χ0) is 27.4. The van der Waals surface area contributed by atoms with Crippen LogP contribution >= 0.6 is 0 Å². The number of ketones is 2.